The quantitative estimate of drug-likeness (QED) is 0.492. The first kappa shape index (κ1) is 18.4. The maximum atomic E-state index is 12.5. The normalized spacial score (nSPS) is 11.6. The van der Waals surface area contributed by atoms with Crippen LogP contribution in [0.15, 0.2) is 21.2 Å². The van der Waals surface area contributed by atoms with Crippen molar-refractivity contribution in [2.24, 2.45) is 0 Å². The first-order valence-electron chi connectivity index (χ1n) is 7.48. The van der Waals surface area contributed by atoms with Gasteiger partial charge in [0.1, 0.15) is 6.16 Å². The Bertz CT molecular complexity index is 714. The lowest BCUT2D eigenvalue weighted by molar-refractivity contribution is 0.0514. The van der Waals surface area contributed by atoms with Gasteiger partial charge >= 0.3 is 13.6 Å². The van der Waals surface area contributed by atoms with E-state index in [0.717, 1.165) is 0 Å². The van der Waals surface area contributed by atoms with Crippen molar-refractivity contribution in [1.82, 2.24) is 10.1 Å². The van der Waals surface area contributed by atoms with Crippen molar-refractivity contribution in [2.45, 2.75) is 26.9 Å². The fraction of sp³-hybridized carbons (Fsp3) is 0.500. The van der Waals surface area contributed by atoms with Gasteiger partial charge in [-0.25, -0.2) is 9.78 Å². The van der Waals surface area contributed by atoms with Crippen molar-refractivity contribution in [1.29, 1.82) is 0 Å². The highest BCUT2D eigenvalue weighted by Gasteiger charge is 2.27. The molecule has 2 aromatic heterocycles. The molecule has 0 aliphatic rings. The summed E-state index contributed by atoms with van der Waals surface area (Å²) < 4.78 is 38.2. The second-order valence-electron chi connectivity index (χ2n) is 4.52. The monoisotopic (exact) mass is 358 g/mol. The number of aromatic nitrogens is 2. The third-order valence-electron chi connectivity index (χ3n) is 2.77. The van der Waals surface area contributed by atoms with Crippen LogP contribution in [-0.2, 0) is 24.5 Å². The van der Waals surface area contributed by atoms with Gasteiger partial charge in [-0.1, -0.05) is 5.16 Å². The van der Waals surface area contributed by atoms with Crippen LogP contribution in [0.25, 0.3) is 11.5 Å². The fourth-order valence-electron chi connectivity index (χ4n) is 1.88. The number of esters is 1. The van der Waals surface area contributed by atoms with Crippen LogP contribution in [0, 0.1) is 0 Å². The predicted molar refractivity (Wildman–Crippen MR) is 82.5 cm³/mol. The summed E-state index contributed by atoms with van der Waals surface area (Å²) in [5.74, 6) is 0.0285. The lowest BCUT2D eigenvalue weighted by Crippen LogP contribution is -2.04. The Labute approximate surface area is 138 Å². The molecule has 2 aromatic rings. The molecule has 2 heterocycles. The second kappa shape index (κ2) is 8.23. The van der Waals surface area contributed by atoms with E-state index in [4.69, 9.17) is 22.7 Å². The van der Waals surface area contributed by atoms with Gasteiger partial charge in [0.25, 0.3) is 0 Å². The highest BCUT2D eigenvalue weighted by Crippen LogP contribution is 2.51. The topological polar surface area (TPSA) is 114 Å². The molecular weight excluding hydrogens is 339 g/mol. The Kier molecular flexibility index (Phi) is 6.30. The van der Waals surface area contributed by atoms with Crippen LogP contribution in [0.2, 0.25) is 0 Å². The molecule has 0 amide bonds. The number of ether oxygens (including phenoxy) is 1. The fourth-order valence-corrected chi connectivity index (χ4v) is 3.40. The number of carbonyl (C=O) groups excluding carboxylic acids is 1. The minimum absolute atomic E-state index is 0.0269. The minimum Gasteiger partial charge on any atom is -0.461 e. The average molecular weight is 358 g/mol. The van der Waals surface area contributed by atoms with Crippen LogP contribution in [0.1, 0.15) is 37.2 Å². The molecule has 0 saturated heterocycles. The molecule has 0 bridgehead atoms. The SMILES string of the molecule is CCOC(=O)c1cc(-c2cnc(CP(=O)(OCC)OCC)o2)on1. The summed E-state index contributed by atoms with van der Waals surface area (Å²) in [6.45, 7) is 5.86. The van der Waals surface area contributed by atoms with Gasteiger partial charge in [-0.2, -0.15) is 0 Å². The molecule has 0 aliphatic heterocycles. The molecule has 10 heteroatoms. The zero-order chi connectivity index (χ0) is 17.6. The standard InChI is InChI=1S/C14H19N2O7P/c1-4-19-14(17)10-7-11(23-16-10)12-8-15-13(22-12)9-24(18,20-5-2)21-6-3/h7-8H,4-6,9H2,1-3H3. The van der Waals surface area contributed by atoms with Crippen molar-refractivity contribution in [3.63, 3.8) is 0 Å². The third kappa shape index (κ3) is 4.53. The largest absolute Gasteiger partial charge is 0.461 e. The third-order valence-corrected chi connectivity index (χ3v) is 4.73. The van der Waals surface area contributed by atoms with Crippen LogP contribution >= 0.6 is 7.60 Å². The Balaban J connectivity index is 2.13. The van der Waals surface area contributed by atoms with E-state index < -0.39 is 13.6 Å². The van der Waals surface area contributed by atoms with E-state index in [1.54, 1.807) is 20.8 Å². The van der Waals surface area contributed by atoms with Gasteiger partial charge in [0.05, 0.1) is 26.0 Å². The summed E-state index contributed by atoms with van der Waals surface area (Å²) in [5, 5.41) is 3.61. The van der Waals surface area contributed by atoms with Crippen molar-refractivity contribution in [2.75, 3.05) is 19.8 Å². The molecule has 0 spiro atoms. The summed E-state index contributed by atoms with van der Waals surface area (Å²) in [6, 6.07) is 1.38. The van der Waals surface area contributed by atoms with Crippen molar-refractivity contribution >= 4 is 13.6 Å². The maximum Gasteiger partial charge on any atom is 0.360 e. The lowest BCUT2D eigenvalue weighted by atomic mass is 10.3. The zero-order valence-electron chi connectivity index (χ0n) is 13.7. The summed E-state index contributed by atoms with van der Waals surface area (Å²) in [6.07, 6.45) is 1.28. The van der Waals surface area contributed by atoms with E-state index in [2.05, 4.69) is 10.1 Å². The zero-order valence-corrected chi connectivity index (χ0v) is 14.6. The molecule has 24 heavy (non-hydrogen) atoms. The Morgan fingerprint density at radius 1 is 1.17 bits per heavy atom. The van der Waals surface area contributed by atoms with Gasteiger partial charge in [-0.05, 0) is 20.8 Å². The van der Waals surface area contributed by atoms with Crippen LogP contribution in [0.3, 0.4) is 0 Å². The average Bonchev–Trinajstić information content (AvgIpc) is 3.16. The molecule has 0 saturated carbocycles. The molecule has 0 atom stereocenters. The highest BCUT2D eigenvalue weighted by atomic mass is 31.2. The summed E-state index contributed by atoms with van der Waals surface area (Å²) in [7, 11) is -3.32. The predicted octanol–water partition coefficient (Wildman–Crippen LogP) is 3.27. The molecule has 2 rings (SSSR count). The number of nitrogens with zero attached hydrogens (tertiary/aromatic N) is 2. The van der Waals surface area contributed by atoms with Gasteiger partial charge in [0.15, 0.2) is 11.5 Å². The van der Waals surface area contributed by atoms with E-state index in [0.29, 0.717) is 0 Å². The van der Waals surface area contributed by atoms with Crippen LogP contribution in [0.4, 0.5) is 0 Å². The molecule has 0 fully saturated rings. The van der Waals surface area contributed by atoms with Crippen LogP contribution < -0.4 is 0 Å². The van der Waals surface area contributed by atoms with E-state index in [9.17, 15) is 9.36 Å². The number of rotatable bonds is 9. The van der Waals surface area contributed by atoms with Crippen LogP contribution in [-0.4, -0.2) is 35.9 Å². The van der Waals surface area contributed by atoms with E-state index in [-0.39, 0.29) is 49.1 Å². The smallest absolute Gasteiger partial charge is 0.360 e. The molecule has 0 N–H and O–H groups in total. The minimum atomic E-state index is -3.32. The van der Waals surface area contributed by atoms with E-state index in [1.165, 1.54) is 12.3 Å². The summed E-state index contributed by atoms with van der Waals surface area (Å²) in [4.78, 5) is 15.6. The summed E-state index contributed by atoms with van der Waals surface area (Å²) >= 11 is 0. The second-order valence-corrected chi connectivity index (χ2v) is 6.57. The van der Waals surface area contributed by atoms with E-state index >= 15 is 0 Å². The Hall–Kier alpha value is -1.96. The first-order chi connectivity index (χ1) is 11.5. The molecule has 132 valence electrons. The Morgan fingerprint density at radius 3 is 2.50 bits per heavy atom. The number of hydrogen-bond donors (Lipinski definition) is 0. The van der Waals surface area contributed by atoms with Gasteiger partial charge in [-0.3, -0.25) is 4.57 Å². The number of hydrogen-bond acceptors (Lipinski definition) is 9. The van der Waals surface area contributed by atoms with Gasteiger partial charge in [-0.15, -0.1) is 0 Å². The van der Waals surface area contributed by atoms with Crippen molar-refractivity contribution < 1.29 is 32.1 Å². The number of carbonyl (C=O) groups is 1. The van der Waals surface area contributed by atoms with Crippen LogP contribution in [0.5, 0.6) is 0 Å². The molecular formula is C14H19N2O7P. The summed E-state index contributed by atoms with van der Waals surface area (Å²) in [5.41, 5.74) is 0.0269. The highest BCUT2D eigenvalue weighted by molar-refractivity contribution is 7.52. The number of oxazole rings is 1. The molecule has 0 aromatic carbocycles. The molecule has 9 nitrogen and oxygen atoms in total. The van der Waals surface area contributed by atoms with Gasteiger partial charge in [0.2, 0.25) is 11.7 Å². The lowest BCUT2D eigenvalue weighted by Gasteiger charge is -2.14. The maximum absolute atomic E-state index is 12.5. The molecule has 0 unspecified atom stereocenters. The van der Waals surface area contributed by atoms with Gasteiger partial charge < -0.3 is 22.7 Å². The molecule has 0 aliphatic carbocycles. The van der Waals surface area contributed by atoms with Crippen molar-refractivity contribution in [3.8, 4) is 11.5 Å². The first-order valence-corrected chi connectivity index (χ1v) is 9.21. The van der Waals surface area contributed by atoms with Gasteiger partial charge in [0, 0.05) is 6.07 Å². The van der Waals surface area contributed by atoms with E-state index in [1.807, 2.05) is 0 Å². The Morgan fingerprint density at radius 2 is 1.88 bits per heavy atom. The van der Waals surface area contributed by atoms with Crippen molar-refractivity contribution in [3.05, 3.63) is 23.8 Å². The molecule has 0 radical (unpaired) electrons.